The molecule has 2 amide bonds. The largest absolute Gasteiger partial charge is 0.364 e. The first-order valence-corrected chi connectivity index (χ1v) is 8.50. The summed E-state index contributed by atoms with van der Waals surface area (Å²) in [6, 6.07) is 5.58. The summed E-state index contributed by atoms with van der Waals surface area (Å²) in [5, 5.41) is 0. The molecule has 0 bridgehead atoms. The minimum Gasteiger partial charge on any atom is -0.364 e. The zero-order chi connectivity index (χ0) is 18.0. The van der Waals surface area contributed by atoms with E-state index in [2.05, 4.69) is 9.97 Å². The molecule has 1 atom stereocenters. The van der Waals surface area contributed by atoms with Crippen LogP contribution in [0.2, 0.25) is 0 Å². The van der Waals surface area contributed by atoms with Gasteiger partial charge in [-0.3, -0.25) is 9.59 Å². The van der Waals surface area contributed by atoms with E-state index >= 15 is 0 Å². The molecule has 1 aliphatic heterocycles. The van der Waals surface area contributed by atoms with Crippen LogP contribution in [0.3, 0.4) is 0 Å². The highest BCUT2D eigenvalue weighted by Gasteiger charge is 2.34. The van der Waals surface area contributed by atoms with Gasteiger partial charge in [0.15, 0.2) is 0 Å². The number of aromatic nitrogens is 2. The molecule has 1 aromatic carbocycles. The van der Waals surface area contributed by atoms with E-state index in [-0.39, 0.29) is 31.1 Å². The van der Waals surface area contributed by atoms with Gasteiger partial charge in [-0.15, -0.1) is 0 Å². The van der Waals surface area contributed by atoms with Crippen LogP contribution >= 0.6 is 0 Å². The Morgan fingerprint density at radius 1 is 1.40 bits per heavy atom. The van der Waals surface area contributed by atoms with Gasteiger partial charge in [-0.25, -0.2) is 4.98 Å². The topological polar surface area (TPSA) is 78.5 Å². The number of H-pyrrole nitrogens is 1. The minimum absolute atomic E-state index is 0.0291. The van der Waals surface area contributed by atoms with Crippen LogP contribution in [0.4, 0.5) is 0 Å². The highest BCUT2D eigenvalue weighted by Crippen LogP contribution is 2.19. The number of benzene rings is 1. The van der Waals surface area contributed by atoms with Crippen molar-refractivity contribution in [2.45, 2.75) is 32.4 Å². The predicted octanol–water partition coefficient (Wildman–Crippen LogP) is 1.47. The third-order valence-corrected chi connectivity index (χ3v) is 4.53. The summed E-state index contributed by atoms with van der Waals surface area (Å²) < 4.78 is 5.54. The number of imidazole rings is 1. The van der Waals surface area contributed by atoms with Crippen LogP contribution in [0.15, 0.2) is 18.2 Å². The molecule has 7 heteroatoms. The Hall–Kier alpha value is -2.41. The normalized spacial score (nSPS) is 17.2. The Morgan fingerprint density at radius 3 is 2.92 bits per heavy atom. The van der Waals surface area contributed by atoms with Crippen LogP contribution in [0.1, 0.15) is 24.2 Å². The molecule has 0 aliphatic carbocycles. The van der Waals surface area contributed by atoms with Crippen LogP contribution in [-0.2, 0) is 20.9 Å². The first kappa shape index (κ1) is 17.4. The molecule has 1 unspecified atom stereocenters. The van der Waals surface area contributed by atoms with Crippen LogP contribution in [0.5, 0.6) is 0 Å². The van der Waals surface area contributed by atoms with Crippen molar-refractivity contribution in [3.05, 3.63) is 29.6 Å². The smallest absolute Gasteiger partial charge is 0.249 e. The fourth-order valence-electron chi connectivity index (χ4n) is 3.23. The number of carbonyl (C=O) groups excluding carboxylic acids is 2. The number of hydrogen-bond donors (Lipinski definition) is 1. The van der Waals surface area contributed by atoms with Crippen molar-refractivity contribution in [2.75, 3.05) is 27.2 Å². The van der Waals surface area contributed by atoms with Crippen LogP contribution in [-0.4, -0.2) is 64.9 Å². The minimum atomic E-state index is -0.361. The Morgan fingerprint density at radius 2 is 2.20 bits per heavy atom. The van der Waals surface area contributed by atoms with Crippen molar-refractivity contribution >= 4 is 22.8 Å². The zero-order valence-corrected chi connectivity index (χ0v) is 14.9. The molecular weight excluding hydrogens is 320 g/mol. The molecule has 1 saturated heterocycles. The standard InChI is InChI=1S/C18H24N4O3/c1-12-6-4-7-13-17(12)20-15(19-13)10-25-11-16(23)22-9-5-8-14(22)18(24)21(2)3/h4,6-7,14H,5,8-11H2,1-3H3,(H,19,20). The van der Waals surface area contributed by atoms with Gasteiger partial charge >= 0.3 is 0 Å². The maximum absolute atomic E-state index is 12.4. The monoisotopic (exact) mass is 344 g/mol. The molecule has 1 aliphatic rings. The van der Waals surface area contributed by atoms with Crippen molar-refractivity contribution in [3.63, 3.8) is 0 Å². The summed E-state index contributed by atoms with van der Waals surface area (Å²) in [6.07, 6.45) is 1.56. The number of para-hydroxylation sites is 1. The van der Waals surface area contributed by atoms with Gasteiger partial charge in [-0.1, -0.05) is 12.1 Å². The van der Waals surface area contributed by atoms with Crippen LogP contribution in [0.25, 0.3) is 11.0 Å². The molecule has 0 spiro atoms. The Kier molecular flexibility index (Phi) is 5.03. The summed E-state index contributed by atoms with van der Waals surface area (Å²) in [5.74, 6) is 0.517. The number of nitrogens with one attached hydrogen (secondary N) is 1. The summed E-state index contributed by atoms with van der Waals surface area (Å²) in [6.45, 7) is 2.80. The molecule has 0 saturated carbocycles. The maximum atomic E-state index is 12.4. The lowest BCUT2D eigenvalue weighted by Gasteiger charge is -2.26. The van der Waals surface area contributed by atoms with Gasteiger partial charge in [0.25, 0.3) is 0 Å². The lowest BCUT2D eigenvalue weighted by molar-refractivity contribution is -0.145. The van der Waals surface area contributed by atoms with Gasteiger partial charge in [0.05, 0.1) is 11.0 Å². The number of likely N-dealkylation sites (tertiary alicyclic amines) is 1. The molecule has 3 rings (SSSR count). The molecule has 25 heavy (non-hydrogen) atoms. The van der Waals surface area contributed by atoms with Crippen molar-refractivity contribution in [1.29, 1.82) is 0 Å². The van der Waals surface area contributed by atoms with Gasteiger partial charge in [-0.05, 0) is 31.4 Å². The molecule has 2 aromatic rings. The lowest BCUT2D eigenvalue weighted by atomic mass is 10.2. The number of amides is 2. The second kappa shape index (κ2) is 7.23. The van der Waals surface area contributed by atoms with Gasteiger partial charge in [-0.2, -0.15) is 0 Å². The van der Waals surface area contributed by atoms with E-state index in [1.165, 1.54) is 4.90 Å². The van der Waals surface area contributed by atoms with E-state index in [9.17, 15) is 9.59 Å². The predicted molar refractivity (Wildman–Crippen MR) is 93.9 cm³/mol. The number of aromatic amines is 1. The molecule has 1 fully saturated rings. The van der Waals surface area contributed by atoms with Gasteiger partial charge in [0.1, 0.15) is 25.1 Å². The fourth-order valence-corrected chi connectivity index (χ4v) is 3.23. The molecule has 2 heterocycles. The first-order chi connectivity index (χ1) is 12.0. The first-order valence-electron chi connectivity index (χ1n) is 8.50. The third-order valence-electron chi connectivity index (χ3n) is 4.53. The Balaban J connectivity index is 1.56. The molecule has 7 nitrogen and oxygen atoms in total. The van der Waals surface area contributed by atoms with E-state index in [1.807, 2.05) is 25.1 Å². The average Bonchev–Trinajstić information content (AvgIpc) is 3.21. The van der Waals surface area contributed by atoms with Crippen LogP contribution < -0.4 is 0 Å². The van der Waals surface area contributed by atoms with Crippen molar-refractivity contribution < 1.29 is 14.3 Å². The average molecular weight is 344 g/mol. The van der Waals surface area contributed by atoms with Gasteiger partial charge in [0.2, 0.25) is 11.8 Å². The summed E-state index contributed by atoms with van der Waals surface area (Å²) >= 11 is 0. The van der Waals surface area contributed by atoms with Gasteiger partial charge in [0, 0.05) is 20.6 Å². The number of ether oxygens (including phenoxy) is 1. The highest BCUT2D eigenvalue weighted by atomic mass is 16.5. The number of likely N-dealkylation sites (N-methyl/N-ethyl adjacent to an activating group) is 1. The van der Waals surface area contributed by atoms with E-state index in [0.717, 1.165) is 23.0 Å². The number of nitrogens with zero attached hydrogens (tertiary/aromatic N) is 3. The Bertz CT molecular complexity index is 784. The van der Waals surface area contributed by atoms with Gasteiger partial charge < -0.3 is 19.5 Å². The Labute approximate surface area is 147 Å². The second-order valence-electron chi connectivity index (χ2n) is 6.63. The zero-order valence-electron chi connectivity index (χ0n) is 14.9. The maximum Gasteiger partial charge on any atom is 0.249 e. The number of rotatable bonds is 5. The fraction of sp³-hybridized carbons (Fsp3) is 0.500. The van der Waals surface area contributed by atoms with E-state index in [4.69, 9.17) is 4.74 Å². The summed E-state index contributed by atoms with van der Waals surface area (Å²) in [4.78, 5) is 35.4. The molecule has 1 N–H and O–H groups in total. The number of carbonyl (C=O) groups is 2. The van der Waals surface area contributed by atoms with Crippen molar-refractivity contribution in [1.82, 2.24) is 19.8 Å². The van der Waals surface area contributed by atoms with Crippen molar-refractivity contribution in [2.24, 2.45) is 0 Å². The van der Waals surface area contributed by atoms with Crippen LogP contribution in [0, 0.1) is 6.92 Å². The molecule has 1 aromatic heterocycles. The molecular formula is C18H24N4O3. The summed E-state index contributed by atoms with van der Waals surface area (Å²) in [7, 11) is 3.42. The quantitative estimate of drug-likeness (QED) is 0.891. The van der Waals surface area contributed by atoms with E-state index < -0.39 is 0 Å². The SMILES string of the molecule is Cc1cccc2[nH]c(COCC(=O)N3CCCC3C(=O)N(C)C)nc12. The second-order valence-corrected chi connectivity index (χ2v) is 6.63. The summed E-state index contributed by atoms with van der Waals surface area (Å²) in [5.41, 5.74) is 2.97. The number of aryl methyl sites for hydroxylation is 1. The number of fused-ring (bicyclic) bond motifs is 1. The number of hydrogen-bond acceptors (Lipinski definition) is 4. The van der Waals surface area contributed by atoms with E-state index in [1.54, 1.807) is 19.0 Å². The van der Waals surface area contributed by atoms with E-state index in [0.29, 0.717) is 18.8 Å². The third kappa shape index (κ3) is 3.66. The molecule has 0 radical (unpaired) electrons. The van der Waals surface area contributed by atoms with Crippen molar-refractivity contribution in [3.8, 4) is 0 Å². The highest BCUT2D eigenvalue weighted by molar-refractivity contribution is 5.88. The molecule has 134 valence electrons. The lowest BCUT2D eigenvalue weighted by Crippen LogP contribution is -2.46.